The van der Waals surface area contributed by atoms with Gasteiger partial charge in [-0.15, -0.1) is 0 Å². The summed E-state index contributed by atoms with van der Waals surface area (Å²) in [5.74, 6) is 0.540. The van der Waals surface area contributed by atoms with Crippen LogP contribution in [0.1, 0.15) is 0 Å². The van der Waals surface area contributed by atoms with Gasteiger partial charge in [0.05, 0.1) is 10.9 Å². The second-order valence-electron chi connectivity index (χ2n) is 3.63. The lowest BCUT2D eigenvalue weighted by Gasteiger charge is -2.03. The SMILES string of the molecule is Nc1n[nH]c2cccc(-c3cc[c]cc3)c12. The molecule has 0 atom stereocenters. The number of benzene rings is 2. The summed E-state index contributed by atoms with van der Waals surface area (Å²) in [7, 11) is 0. The minimum absolute atomic E-state index is 0.540. The summed E-state index contributed by atoms with van der Waals surface area (Å²) < 4.78 is 0. The normalized spacial score (nSPS) is 10.8. The van der Waals surface area contributed by atoms with E-state index in [1.54, 1.807) is 0 Å². The third-order valence-electron chi connectivity index (χ3n) is 2.65. The molecule has 3 heteroatoms. The molecule has 0 bridgehead atoms. The first-order valence-electron chi connectivity index (χ1n) is 5.05. The smallest absolute Gasteiger partial charge is 0.153 e. The molecule has 0 aliphatic heterocycles. The van der Waals surface area contributed by atoms with Gasteiger partial charge >= 0.3 is 0 Å². The zero-order valence-electron chi connectivity index (χ0n) is 8.57. The number of aromatic amines is 1. The van der Waals surface area contributed by atoms with Crippen LogP contribution in [-0.4, -0.2) is 10.2 Å². The van der Waals surface area contributed by atoms with E-state index in [9.17, 15) is 0 Å². The van der Waals surface area contributed by atoms with Gasteiger partial charge in [-0.3, -0.25) is 5.10 Å². The molecule has 3 aromatic rings. The molecular formula is C13H10N3. The second-order valence-corrected chi connectivity index (χ2v) is 3.63. The third-order valence-corrected chi connectivity index (χ3v) is 2.65. The fraction of sp³-hybridized carbons (Fsp3) is 0. The quantitative estimate of drug-likeness (QED) is 0.645. The van der Waals surface area contributed by atoms with Gasteiger partial charge in [0.25, 0.3) is 0 Å². The molecule has 0 aliphatic carbocycles. The van der Waals surface area contributed by atoms with Crippen molar-refractivity contribution in [1.29, 1.82) is 0 Å². The van der Waals surface area contributed by atoms with Gasteiger partial charge in [-0.2, -0.15) is 5.10 Å². The Kier molecular flexibility index (Phi) is 1.90. The van der Waals surface area contributed by atoms with E-state index in [0.29, 0.717) is 5.82 Å². The summed E-state index contributed by atoms with van der Waals surface area (Å²) in [6.07, 6.45) is 0. The number of hydrogen-bond donors (Lipinski definition) is 2. The number of nitrogens with one attached hydrogen (secondary N) is 1. The summed E-state index contributed by atoms with van der Waals surface area (Å²) in [5, 5.41) is 7.92. The highest BCUT2D eigenvalue weighted by atomic mass is 15.1. The van der Waals surface area contributed by atoms with E-state index >= 15 is 0 Å². The van der Waals surface area contributed by atoms with Crippen LogP contribution in [0.5, 0.6) is 0 Å². The van der Waals surface area contributed by atoms with Crippen molar-refractivity contribution < 1.29 is 0 Å². The van der Waals surface area contributed by atoms with Crippen LogP contribution in [0.3, 0.4) is 0 Å². The summed E-state index contributed by atoms with van der Waals surface area (Å²) in [6.45, 7) is 0. The standard InChI is InChI=1S/C13H10N3/c14-13-12-10(9-5-2-1-3-6-9)7-4-8-11(12)15-16-13/h2-8H,(H3,14,15,16). The van der Waals surface area contributed by atoms with Crippen molar-refractivity contribution in [2.45, 2.75) is 0 Å². The Labute approximate surface area is 92.9 Å². The number of nitrogens with two attached hydrogens (primary N) is 1. The minimum atomic E-state index is 0.540. The Morgan fingerprint density at radius 3 is 2.75 bits per heavy atom. The summed E-state index contributed by atoms with van der Waals surface area (Å²) in [6, 6.07) is 16.8. The van der Waals surface area contributed by atoms with Gasteiger partial charge in [0, 0.05) is 0 Å². The zero-order valence-corrected chi connectivity index (χ0v) is 8.57. The van der Waals surface area contributed by atoms with E-state index in [4.69, 9.17) is 5.73 Å². The zero-order chi connectivity index (χ0) is 11.0. The van der Waals surface area contributed by atoms with E-state index < -0.39 is 0 Å². The number of aromatic nitrogens is 2. The van der Waals surface area contributed by atoms with Gasteiger partial charge in [0.2, 0.25) is 0 Å². The largest absolute Gasteiger partial charge is 0.382 e. The molecule has 0 saturated heterocycles. The van der Waals surface area contributed by atoms with E-state index in [0.717, 1.165) is 22.0 Å². The number of rotatable bonds is 1. The number of anilines is 1. The third kappa shape index (κ3) is 1.26. The second kappa shape index (κ2) is 3.38. The maximum atomic E-state index is 5.86. The number of H-pyrrole nitrogens is 1. The summed E-state index contributed by atoms with van der Waals surface area (Å²) >= 11 is 0. The van der Waals surface area contributed by atoms with Gasteiger partial charge < -0.3 is 5.73 Å². The molecular weight excluding hydrogens is 198 g/mol. The van der Waals surface area contributed by atoms with Crippen molar-refractivity contribution >= 4 is 16.7 Å². The Morgan fingerprint density at radius 2 is 1.94 bits per heavy atom. The summed E-state index contributed by atoms with van der Waals surface area (Å²) in [4.78, 5) is 0. The van der Waals surface area contributed by atoms with Crippen LogP contribution < -0.4 is 5.73 Å². The summed E-state index contributed by atoms with van der Waals surface area (Å²) in [5.41, 5.74) is 9.04. The van der Waals surface area contributed by atoms with Crippen molar-refractivity contribution in [2.24, 2.45) is 0 Å². The van der Waals surface area contributed by atoms with Crippen molar-refractivity contribution in [3.05, 3.63) is 48.5 Å². The van der Waals surface area contributed by atoms with Crippen molar-refractivity contribution in [3.63, 3.8) is 0 Å². The molecule has 1 radical (unpaired) electrons. The highest BCUT2D eigenvalue weighted by Gasteiger charge is 2.08. The Bertz CT molecular complexity index is 626. The molecule has 3 N–H and O–H groups in total. The van der Waals surface area contributed by atoms with E-state index in [-0.39, 0.29) is 0 Å². The van der Waals surface area contributed by atoms with Crippen molar-refractivity contribution in [1.82, 2.24) is 10.2 Å². The first-order valence-corrected chi connectivity index (χ1v) is 5.05. The molecule has 3 nitrogen and oxygen atoms in total. The van der Waals surface area contributed by atoms with E-state index in [2.05, 4.69) is 16.3 Å². The number of fused-ring (bicyclic) bond motifs is 1. The fourth-order valence-corrected chi connectivity index (χ4v) is 1.90. The molecule has 1 heterocycles. The van der Waals surface area contributed by atoms with E-state index in [1.165, 1.54) is 0 Å². The lowest BCUT2D eigenvalue weighted by atomic mass is 10.0. The molecule has 0 fully saturated rings. The topological polar surface area (TPSA) is 54.7 Å². The predicted octanol–water partition coefficient (Wildman–Crippen LogP) is 2.61. The molecule has 0 saturated carbocycles. The number of nitrogen functional groups attached to an aromatic ring is 1. The van der Waals surface area contributed by atoms with Gasteiger partial charge in [-0.25, -0.2) is 0 Å². The molecule has 16 heavy (non-hydrogen) atoms. The van der Waals surface area contributed by atoms with E-state index in [1.807, 2.05) is 42.5 Å². The van der Waals surface area contributed by atoms with Gasteiger partial charge in [-0.05, 0) is 23.3 Å². The van der Waals surface area contributed by atoms with Crippen molar-refractivity contribution in [3.8, 4) is 11.1 Å². The molecule has 0 amide bonds. The van der Waals surface area contributed by atoms with Gasteiger partial charge in [-0.1, -0.05) is 36.4 Å². The van der Waals surface area contributed by atoms with Crippen LogP contribution in [0, 0.1) is 6.07 Å². The maximum absolute atomic E-state index is 5.86. The van der Waals surface area contributed by atoms with Gasteiger partial charge in [0.15, 0.2) is 5.82 Å². The van der Waals surface area contributed by atoms with Crippen LogP contribution in [0.2, 0.25) is 0 Å². The monoisotopic (exact) mass is 208 g/mol. The Hall–Kier alpha value is -2.29. The molecule has 2 aromatic carbocycles. The average Bonchev–Trinajstić information content (AvgIpc) is 2.73. The lowest BCUT2D eigenvalue weighted by molar-refractivity contribution is 1.13. The van der Waals surface area contributed by atoms with Crippen molar-refractivity contribution in [2.75, 3.05) is 5.73 Å². The molecule has 0 aliphatic rings. The number of hydrogen-bond acceptors (Lipinski definition) is 2. The molecule has 1 aromatic heterocycles. The lowest BCUT2D eigenvalue weighted by Crippen LogP contribution is -1.86. The molecule has 0 unspecified atom stereocenters. The first kappa shape index (κ1) is 8.97. The minimum Gasteiger partial charge on any atom is -0.382 e. The van der Waals surface area contributed by atoms with Crippen LogP contribution in [0.15, 0.2) is 42.5 Å². The van der Waals surface area contributed by atoms with Crippen LogP contribution in [0.4, 0.5) is 5.82 Å². The molecule has 0 spiro atoms. The first-order chi connectivity index (χ1) is 7.86. The average molecular weight is 208 g/mol. The predicted molar refractivity (Wildman–Crippen MR) is 64.8 cm³/mol. The molecule has 77 valence electrons. The fourth-order valence-electron chi connectivity index (χ4n) is 1.90. The van der Waals surface area contributed by atoms with Crippen LogP contribution in [-0.2, 0) is 0 Å². The Morgan fingerprint density at radius 1 is 1.12 bits per heavy atom. The highest BCUT2D eigenvalue weighted by molar-refractivity contribution is 6.01. The van der Waals surface area contributed by atoms with Crippen LogP contribution >= 0.6 is 0 Å². The molecule has 3 rings (SSSR count). The highest BCUT2D eigenvalue weighted by Crippen LogP contribution is 2.30. The Balaban J connectivity index is 2.36. The van der Waals surface area contributed by atoms with Gasteiger partial charge in [0.1, 0.15) is 0 Å². The maximum Gasteiger partial charge on any atom is 0.153 e. The number of nitrogens with zero attached hydrogens (tertiary/aromatic N) is 1. The van der Waals surface area contributed by atoms with Crippen LogP contribution in [0.25, 0.3) is 22.0 Å².